The number of carbonyl (C=O) groups is 2. The van der Waals surface area contributed by atoms with Crippen molar-refractivity contribution in [2.24, 2.45) is 0 Å². The number of carbonyl (C=O) groups excluding carboxylic acids is 2. The van der Waals surface area contributed by atoms with Gasteiger partial charge in [0.1, 0.15) is 12.1 Å². The highest BCUT2D eigenvalue weighted by Crippen LogP contribution is 2.09. The highest BCUT2D eigenvalue weighted by molar-refractivity contribution is 7.98. The van der Waals surface area contributed by atoms with Crippen LogP contribution in [0.1, 0.15) is 12.8 Å². The number of ether oxygens (including phenoxy) is 1. The van der Waals surface area contributed by atoms with E-state index in [1.165, 1.54) is 18.9 Å². The molecule has 1 amide bonds. The lowest BCUT2D eigenvalue weighted by molar-refractivity contribution is -0.144. The molecule has 0 aromatic carbocycles. The van der Waals surface area contributed by atoms with Crippen molar-refractivity contribution in [3.8, 4) is 0 Å². The Balaban J connectivity index is 2.51. The zero-order valence-electron chi connectivity index (χ0n) is 9.82. The Morgan fingerprint density at radius 2 is 2.41 bits per heavy atom. The van der Waals surface area contributed by atoms with Gasteiger partial charge in [-0.1, -0.05) is 12.2 Å². The van der Waals surface area contributed by atoms with Gasteiger partial charge in [0.2, 0.25) is 5.91 Å². The largest absolute Gasteiger partial charge is 0.467 e. The number of thioether (sulfide) groups is 1. The summed E-state index contributed by atoms with van der Waals surface area (Å²) in [4.78, 5) is 24.0. The summed E-state index contributed by atoms with van der Waals surface area (Å²) >= 11 is 6.44. The normalized spacial score (nSPS) is 20.6. The van der Waals surface area contributed by atoms with Gasteiger partial charge < -0.3 is 15.4 Å². The Hall–Kier alpha value is -0.820. The van der Waals surface area contributed by atoms with Gasteiger partial charge in [0.05, 0.1) is 12.1 Å². The van der Waals surface area contributed by atoms with Crippen LogP contribution in [0, 0.1) is 0 Å². The van der Waals surface area contributed by atoms with Crippen LogP contribution in [0.2, 0.25) is 0 Å². The Morgan fingerprint density at radius 1 is 1.71 bits per heavy atom. The van der Waals surface area contributed by atoms with Crippen LogP contribution >= 0.6 is 24.0 Å². The van der Waals surface area contributed by atoms with E-state index < -0.39 is 12.0 Å². The molecule has 0 radical (unpaired) electrons. The lowest BCUT2D eigenvalue weighted by atomic mass is 10.2. The van der Waals surface area contributed by atoms with Gasteiger partial charge >= 0.3 is 5.97 Å². The number of esters is 1. The molecule has 2 N–H and O–H groups in total. The van der Waals surface area contributed by atoms with Crippen LogP contribution in [0.3, 0.4) is 0 Å². The molecule has 0 aromatic rings. The van der Waals surface area contributed by atoms with E-state index in [0.717, 1.165) is 6.42 Å². The van der Waals surface area contributed by atoms with Crippen molar-refractivity contribution in [1.29, 1.82) is 0 Å². The number of nitrogens with one attached hydrogen (secondary N) is 2. The molecule has 5 nitrogen and oxygen atoms in total. The minimum Gasteiger partial charge on any atom is -0.467 e. The molecule has 0 aromatic heterocycles. The first-order valence-corrected chi connectivity index (χ1v) is 7.05. The predicted molar refractivity (Wildman–Crippen MR) is 71.1 cm³/mol. The SMILES string of the molecule is COC(=O)[C@H](CSC)NC(=O)[C@@H]1CCC(=S)N1. The number of hydrogen-bond acceptors (Lipinski definition) is 5. The molecule has 0 bridgehead atoms. The van der Waals surface area contributed by atoms with Crippen LogP contribution in [-0.4, -0.2) is 48.1 Å². The highest BCUT2D eigenvalue weighted by Gasteiger charge is 2.29. The Kier molecular flexibility index (Phi) is 5.70. The summed E-state index contributed by atoms with van der Waals surface area (Å²) in [6.07, 6.45) is 3.27. The molecule has 7 heteroatoms. The van der Waals surface area contributed by atoms with Crippen LogP contribution in [-0.2, 0) is 14.3 Å². The van der Waals surface area contributed by atoms with Crippen LogP contribution in [0.4, 0.5) is 0 Å². The van der Waals surface area contributed by atoms with Crippen molar-refractivity contribution in [2.45, 2.75) is 24.9 Å². The third-order valence-electron chi connectivity index (χ3n) is 2.45. The van der Waals surface area contributed by atoms with E-state index in [4.69, 9.17) is 12.2 Å². The second-order valence-electron chi connectivity index (χ2n) is 3.70. The Morgan fingerprint density at radius 3 is 2.88 bits per heavy atom. The number of thiocarbonyl (C=S) groups is 1. The maximum atomic E-state index is 11.8. The molecule has 0 aliphatic carbocycles. The van der Waals surface area contributed by atoms with Gasteiger partial charge in [-0.15, -0.1) is 0 Å². The summed E-state index contributed by atoms with van der Waals surface area (Å²) in [5, 5.41) is 5.59. The summed E-state index contributed by atoms with van der Waals surface area (Å²) < 4.78 is 4.64. The molecule has 0 spiro atoms. The van der Waals surface area contributed by atoms with Crippen LogP contribution in [0.15, 0.2) is 0 Å². The van der Waals surface area contributed by atoms with E-state index >= 15 is 0 Å². The fraction of sp³-hybridized carbons (Fsp3) is 0.700. The molecule has 2 atom stereocenters. The molecule has 0 unspecified atom stereocenters. The van der Waals surface area contributed by atoms with Gasteiger partial charge in [0, 0.05) is 12.2 Å². The van der Waals surface area contributed by atoms with Crippen LogP contribution in [0.25, 0.3) is 0 Å². The molecule has 1 fully saturated rings. The zero-order chi connectivity index (χ0) is 12.8. The first-order chi connectivity index (χ1) is 8.08. The van der Waals surface area contributed by atoms with Crippen molar-refractivity contribution in [3.63, 3.8) is 0 Å². The first-order valence-electron chi connectivity index (χ1n) is 5.25. The van der Waals surface area contributed by atoms with E-state index in [-0.39, 0.29) is 11.9 Å². The highest BCUT2D eigenvalue weighted by atomic mass is 32.2. The maximum Gasteiger partial charge on any atom is 0.329 e. The van der Waals surface area contributed by atoms with Gasteiger partial charge in [-0.2, -0.15) is 11.8 Å². The van der Waals surface area contributed by atoms with Gasteiger partial charge in [-0.25, -0.2) is 4.79 Å². The average molecular weight is 276 g/mol. The number of hydrogen-bond donors (Lipinski definition) is 2. The molecule has 17 heavy (non-hydrogen) atoms. The fourth-order valence-electron chi connectivity index (χ4n) is 1.56. The van der Waals surface area contributed by atoms with Crippen molar-refractivity contribution in [2.75, 3.05) is 19.1 Å². The maximum absolute atomic E-state index is 11.8. The molecule has 1 aliphatic heterocycles. The lowest BCUT2D eigenvalue weighted by Crippen LogP contribution is -2.50. The van der Waals surface area contributed by atoms with Gasteiger partial charge in [-0.3, -0.25) is 4.79 Å². The lowest BCUT2D eigenvalue weighted by Gasteiger charge is -2.18. The van der Waals surface area contributed by atoms with Crippen molar-refractivity contribution < 1.29 is 14.3 Å². The minimum absolute atomic E-state index is 0.200. The van der Waals surface area contributed by atoms with E-state index in [9.17, 15) is 9.59 Å². The number of rotatable bonds is 5. The Bertz CT molecular complexity index is 323. The summed E-state index contributed by atoms with van der Waals surface area (Å²) in [5.74, 6) is -0.127. The third kappa shape index (κ3) is 4.16. The zero-order valence-corrected chi connectivity index (χ0v) is 11.5. The van der Waals surface area contributed by atoms with E-state index in [1.807, 2.05) is 6.26 Å². The predicted octanol–water partition coefficient (Wildman–Crippen LogP) is 0.0866. The van der Waals surface area contributed by atoms with Crippen molar-refractivity contribution in [3.05, 3.63) is 0 Å². The molecule has 1 heterocycles. The monoisotopic (exact) mass is 276 g/mol. The molecule has 1 aliphatic rings. The molecular formula is C10H16N2O3S2. The number of methoxy groups -OCH3 is 1. The second-order valence-corrected chi connectivity index (χ2v) is 5.10. The van der Waals surface area contributed by atoms with Gasteiger partial charge in [0.25, 0.3) is 0 Å². The smallest absolute Gasteiger partial charge is 0.329 e. The minimum atomic E-state index is -0.599. The fourth-order valence-corrected chi connectivity index (χ4v) is 2.37. The van der Waals surface area contributed by atoms with Crippen molar-refractivity contribution in [1.82, 2.24) is 10.6 Å². The third-order valence-corrected chi connectivity index (χ3v) is 3.44. The van der Waals surface area contributed by atoms with Crippen LogP contribution in [0.5, 0.6) is 0 Å². The molecule has 1 rings (SSSR count). The summed E-state index contributed by atoms with van der Waals surface area (Å²) in [6.45, 7) is 0. The van der Waals surface area contributed by atoms with Crippen molar-refractivity contribution >= 4 is 40.8 Å². The van der Waals surface area contributed by atoms with Crippen LogP contribution < -0.4 is 10.6 Å². The molecule has 96 valence electrons. The average Bonchev–Trinajstić information content (AvgIpc) is 2.74. The molecule has 1 saturated heterocycles. The van der Waals surface area contributed by atoms with E-state index in [1.54, 1.807) is 0 Å². The molecular weight excluding hydrogens is 260 g/mol. The summed E-state index contributed by atoms with van der Waals surface area (Å²) in [7, 11) is 1.31. The Labute approximate surface area is 110 Å². The topological polar surface area (TPSA) is 67.4 Å². The van der Waals surface area contributed by atoms with Gasteiger partial charge in [0.15, 0.2) is 0 Å². The quantitative estimate of drug-likeness (QED) is 0.548. The molecule has 0 saturated carbocycles. The van der Waals surface area contributed by atoms with E-state index in [2.05, 4.69) is 15.4 Å². The van der Waals surface area contributed by atoms with Gasteiger partial charge in [-0.05, 0) is 12.7 Å². The summed E-state index contributed by atoms with van der Waals surface area (Å²) in [6, 6.07) is -0.921. The number of amides is 1. The second kappa shape index (κ2) is 6.80. The standard InChI is InChI=1S/C10H16N2O3S2/c1-15-10(14)7(5-17-2)12-9(13)6-3-4-8(16)11-6/h6-7H,3-5H2,1-2H3,(H,11,16)(H,12,13)/t6-,7-/m0/s1. The van der Waals surface area contributed by atoms with E-state index in [0.29, 0.717) is 17.2 Å². The first kappa shape index (κ1) is 14.2. The summed E-state index contributed by atoms with van der Waals surface area (Å²) in [5.41, 5.74) is 0.